The fourth-order valence-electron chi connectivity index (χ4n) is 2.68. The zero-order valence-corrected chi connectivity index (χ0v) is 12.0. The van der Waals surface area contributed by atoms with E-state index in [-0.39, 0.29) is 11.1 Å². The molecule has 2 aromatic rings. The van der Waals surface area contributed by atoms with Crippen LogP contribution in [0.2, 0.25) is 5.15 Å². The second-order valence-corrected chi connectivity index (χ2v) is 5.55. The van der Waals surface area contributed by atoms with E-state index in [0.29, 0.717) is 18.0 Å². The lowest BCUT2D eigenvalue weighted by molar-refractivity contribution is 0.0981. The van der Waals surface area contributed by atoms with Gasteiger partial charge in [0.05, 0.1) is 5.56 Å². The van der Waals surface area contributed by atoms with Crippen molar-refractivity contribution in [3.05, 3.63) is 58.9 Å². The van der Waals surface area contributed by atoms with Gasteiger partial charge in [0, 0.05) is 18.4 Å². The number of hydrogen-bond donors (Lipinski definition) is 0. The zero-order valence-electron chi connectivity index (χ0n) is 11.2. The maximum absolute atomic E-state index is 12.7. The normalized spacial score (nSPS) is 17.7. The third kappa shape index (κ3) is 2.29. The number of para-hydroxylation sites is 1. The highest BCUT2D eigenvalue weighted by Crippen LogP contribution is 2.31. The molecule has 1 aliphatic rings. The van der Waals surface area contributed by atoms with Gasteiger partial charge < -0.3 is 4.90 Å². The molecule has 1 unspecified atom stereocenters. The quantitative estimate of drug-likeness (QED) is 0.751. The summed E-state index contributed by atoms with van der Waals surface area (Å²) in [7, 11) is 0. The Morgan fingerprint density at radius 1 is 1.30 bits per heavy atom. The average Bonchev–Trinajstić information content (AvgIpc) is 2.46. The molecule has 1 aliphatic heterocycles. The zero-order chi connectivity index (χ0) is 14.1. The molecular formula is C16H15ClN2O. The molecule has 0 saturated heterocycles. The molecule has 0 aliphatic carbocycles. The lowest BCUT2D eigenvalue weighted by atomic mass is 9.93. The van der Waals surface area contributed by atoms with Gasteiger partial charge in [-0.3, -0.25) is 4.79 Å². The molecular weight excluding hydrogens is 272 g/mol. The van der Waals surface area contributed by atoms with Crippen molar-refractivity contribution in [1.82, 2.24) is 4.98 Å². The van der Waals surface area contributed by atoms with Gasteiger partial charge in [-0.05, 0) is 36.1 Å². The summed E-state index contributed by atoms with van der Waals surface area (Å²) in [6, 6.07) is 11.5. The van der Waals surface area contributed by atoms with Gasteiger partial charge in [-0.25, -0.2) is 4.98 Å². The first kappa shape index (κ1) is 13.1. The van der Waals surface area contributed by atoms with Crippen LogP contribution in [0.1, 0.15) is 22.8 Å². The minimum atomic E-state index is -0.0814. The Bertz CT molecular complexity index is 656. The van der Waals surface area contributed by atoms with Crippen LogP contribution in [0.4, 0.5) is 5.69 Å². The number of aromatic nitrogens is 1. The van der Waals surface area contributed by atoms with Crippen molar-refractivity contribution >= 4 is 23.2 Å². The minimum Gasteiger partial charge on any atom is -0.308 e. The first-order valence-corrected chi connectivity index (χ1v) is 7.05. The Hall–Kier alpha value is -1.87. The van der Waals surface area contributed by atoms with E-state index < -0.39 is 0 Å². The average molecular weight is 287 g/mol. The number of carbonyl (C=O) groups excluding carboxylic acids is 1. The molecule has 3 rings (SSSR count). The van der Waals surface area contributed by atoms with Gasteiger partial charge in [0.15, 0.2) is 0 Å². The van der Waals surface area contributed by atoms with Crippen LogP contribution in [0.25, 0.3) is 0 Å². The molecule has 20 heavy (non-hydrogen) atoms. The summed E-state index contributed by atoms with van der Waals surface area (Å²) in [5.74, 6) is 0.353. The van der Waals surface area contributed by atoms with E-state index >= 15 is 0 Å². The molecule has 1 amide bonds. The largest absolute Gasteiger partial charge is 0.308 e. The van der Waals surface area contributed by atoms with Crippen molar-refractivity contribution in [3.8, 4) is 0 Å². The van der Waals surface area contributed by atoms with Crippen LogP contribution in [0.5, 0.6) is 0 Å². The van der Waals surface area contributed by atoms with E-state index in [4.69, 9.17) is 11.6 Å². The van der Waals surface area contributed by atoms with Crippen molar-refractivity contribution in [3.63, 3.8) is 0 Å². The summed E-state index contributed by atoms with van der Waals surface area (Å²) >= 11 is 6.04. The van der Waals surface area contributed by atoms with E-state index in [0.717, 1.165) is 12.1 Å². The number of fused-ring (bicyclic) bond motifs is 1. The fourth-order valence-corrected chi connectivity index (χ4v) is 2.88. The van der Waals surface area contributed by atoms with E-state index in [1.54, 1.807) is 18.3 Å². The number of nitrogens with zero attached hydrogens (tertiary/aromatic N) is 2. The van der Waals surface area contributed by atoms with Gasteiger partial charge in [0.1, 0.15) is 5.15 Å². The van der Waals surface area contributed by atoms with Gasteiger partial charge in [0.25, 0.3) is 5.91 Å². The summed E-state index contributed by atoms with van der Waals surface area (Å²) in [6.07, 6.45) is 2.59. The number of rotatable bonds is 1. The molecule has 0 N–H and O–H groups in total. The maximum atomic E-state index is 12.7. The van der Waals surface area contributed by atoms with Crippen LogP contribution >= 0.6 is 11.6 Å². The number of benzene rings is 1. The van der Waals surface area contributed by atoms with Gasteiger partial charge in [-0.15, -0.1) is 0 Å². The second-order valence-electron chi connectivity index (χ2n) is 5.20. The summed E-state index contributed by atoms with van der Waals surface area (Å²) in [6.45, 7) is 2.86. The van der Waals surface area contributed by atoms with Crippen LogP contribution in [0.15, 0.2) is 42.6 Å². The number of pyridine rings is 1. The Morgan fingerprint density at radius 3 is 2.90 bits per heavy atom. The SMILES string of the molecule is CC1Cc2ccccc2N(C(=O)c2cccnc2Cl)C1. The molecule has 1 aromatic carbocycles. The lowest BCUT2D eigenvalue weighted by Crippen LogP contribution is -2.39. The van der Waals surface area contributed by atoms with Gasteiger partial charge in [-0.1, -0.05) is 36.7 Å². The minimum absolute atomic E-state index is 0.0814. The summed E-state index contributed by atoms with van der Waals surface area (Å²) < 4.78 is 0. The first-order chi connectivity index (χ1) is 9.66. The molecule has 3 nitrogen and oxygen atoms in total. The predicted molar refractivity (Wildman–Crippen MR) is 80.2 cm³/mol. The van der Waals surface area contributed by atoms with Crippen LogP contribution in [-0.4, -0.2) is 17.4 Å². The predicted octanol–water partition coefficient (Wildman–Crippen LogP) is 3.57. The smallest absolute Gasteiger partial charge is 0.261 e. The highest BCUT2D eigenvalue weighted by molar-refractivity contribution is 6.33. The molecule has 4 heteroatoms. The van der Waals surface area contributed by atoms with Crippen LogP contribution < -0.4 is 4.90 Å². The molecule has 0 fully saturated rings. The molecule has 102 valence electrons. The van der Waals surface area contributed by atoms with Crippen molar-refractivity contribution in [1.29, 1.82) is 0 Å². The topological polar surface area (TPSA) is 33.2 Å². The third-order valence-electron chi connectivity index (χ3n) is 3.58. The number of amides is 1. The third-order valence-corrected chi connectivity index (χ3v) is 3.88. The Morgan fingerprint density at radius 2 is 2.10 bits per heavy atom. The molecule has 0 bridgehead atoms. The number of carbonyl (C=O) groups is 1. The summed E-state index contributed by atoms with van der Waals surface area (Å²) in [5, 5.41) is 0.258. The standard InChI is InChI=1S/C16H15ClN2O/c1-11-9-12-5-2-3-7-14(12)19(10-11)16(20)13-6-4-8-18-15(13)17/h2-8,11H,9-10H2,1H3. The maximum Gasteiger partial charge on any atom is 0.261 e. The molecule has 0 saturated carbocycles. The monoisotopic (exact) mass is 286 g/mol. The number of anilines is 1. The number of halogens is 1. The molecule has 1 aromatic heterocycles. The van der Waals surface area contributed by atoms with Crippen LogP contribution in [-0.2, 0) is 6.42 Å². The summed E-state index contributed by atoms with van der Waals surface area (Å²) in [5.41, 5.74) is 2.65. The van der Waals surface area contributed by atoms with Gasteiger partial charge in [0.2, 0.25) is 0 Å². The van der Waals surface area contributed by atoms with Crippen molar-refractivity contribution in [2.75, 3.05) is 11.4 Å². The first-order valence-electron chi connectivity index (χ1n) is 6.67. The van der Waals surface area contributed by atoms with Crippen LogP contribution in [0.3, 0.4) is 0 Å². The fraction of sp³-hybridized carbons (Fsp3) is 0.250. The highest BCUT2D eigenvalue weighted by Gasteiger charge is 2.27. The van der Waals surface area contributed by atoms with E-state index in [9.17, 15) is 4.79 Å². The van der Waals surface area contributed by atoms with E-state index in [1.807, 2.05) is 23.1 Å². The Labute approximate surface area is 123 Å². The Kier molecular flexibility index (Phi) is 3.45. The molecule has 2 heterocycles. The van der Waals surface area contributed by atoms with E-state index in [2.05, 4.69) is 18.0 Å². The van der Waals surface area contributed by atoms with Gasteiger partial charge >= 0.3 is 0 Å². The molecule has 0 spiro atoms. The van der Waals surface area contributed by atoms with Crippen LogP contribution in [0, 0.1) is 5.92 Å². The second kappa shape index (κ2) is 5.25. The number of hydrogen-bond acceptors (Lipinski definition) is 2. The van der Waals surface area contributed by atoms with Crippen molar-refractivity contribution in [2.24, 2.45) is 5.92 Å². The highest BCUT2D eigenvalue weighted by atomic mass is 35.5. The van der Waals surface area contributed by atoms with Crippen molar-refractivity contribution in [2.45, 2.75) is 13.3 Å². The van der Waals surface area contributed by atoms with Gasteiger partial charge in [-0.2, -0.15) is 0 Å². The van der Waals surface area contributed by atoms with Crippen molar-refractivity contribution < 1.29 is 4.79 Å². The van der Waals surface area contributed by atoms with E-state index in [1.165, 1.54) is 5.56 Å². The Balaban J connectivity index is 2.02. The summed E-state index contributed by atoms with van der Waals surface area (Å²) in [4.78, 5) is 18.5. The lowest BCUT2D eigenvalue weighted by Gasteiger charge is -2.33. The molecule has 1 atom stereocenters. The molecule has 0 radical (unpaired) electrons.